The molecule has 0 saturated heterocycles. The predicted molar refractivity (Wildman–Crippen MR) is 121 cm³/mol. The van der Waals surface area contributed by atoms with Crippen LogP contribution >= 0.6 is 0 Å². The van der Waals surface area contributed by atoms with Crippen molar-refractivity contribution in [1.82, 2.24) is 16.0 Å². The number of nitrogens with two attached hydrogens (primary N) is 2. The average molecular weight is 488 g/mol. The fourth-order valence-electron chi connectivity index (χ4n) is 2.94. The minimum Gasteiger partial charge on any atom is -0.481 e. The summed E-state index contributed by atoms with van der Waals surface area (Å²) in [6.45, 7) is 7.16. The van der Waals surface area contributed by atoms with Crippen molar-refractivity contribution >= 4 is 35.6 Å². The van der Waals surface area contributed by atoms with Gasteiger partial charge >= 0.3 is 11.9 Å². The lowest BCUT2D eigenvalue weighted by molar-refractivity contribution is -0.144. The number of rotatable bonds is 16. The third-order valence-corrected chi connectivity index (χ3v) is 5.65. The maximum Gasteiger partial charge on any atom is 0.326 e. The summed E-state index contributed by atoms with van der Waals surface area (Å²) in [5.41, 5.74) is 10.9. The van der Waals surface area contributed by atoms with E-state index in [0.29, 0.717) is 12.8 Å². The lowest BCUT2D eigenvalue weighted by Gasteiger charge is -2.28. The van der Waals surface area contributed by atoms with Gasteiger partial charge in [-0.2, -0.15) is 0 Å². The highest BCUT2D eigenvalue weighted by molar-refractivity contribution is 5.95. The van der Waals surface area contributed by atoms with Crippen molar-refractivity contribution in [2.24, 2.45) is 23.3 Å². The topological polar surface area (TPSA) is 231 Å². The molecule has 9 N–H and O–H groups in total. The second kappa shape index (κ2) is 14.8. The smallest absolute Gasteiger partial charge is 0.326 e. The molecule has 0 aromatic rings. The van der Waals surface area contributed by atoms with Gasteiger partial charge in [0, 0.05) is 6.42 Å². The summed E-state index contributed by atoms with van der Waals surface area (Å²) in [6.07, 6.45) is -0.431. The minimum absolute atomic E-state index is 0.145. The Balaban J connectivity index is 5.68. The van der Waals surface area contributed by atoms with Crippen molar-refractivity contribution in [2.75, 3.05) is 0 Å². The van der Waals surface area contributed by atoms with E-state index in [-0.39, 0.29) is 18.3 Å². The van der Waals surface area contributed by atoms with Crippen LogP contribution in [0.4, 0.5) is 0 Å². The lowest BCUT2D eigenvalue weighted by Crippen LogP contribution is -2.59. The van der Waals surface area contributed by atoms with E-state index in [0.717, 1.165) is 0 Å². The molecule has 0 aliphatic heterocycles. The summed E-state index contributed by atoms with van der Waals surface area (Å²) >= 11 is 0. The highest BCUT2D eigenvalue weighted by Crippen LogP contribution is 2.12. The number of nitrogens with one attached hydrogen (secondary N) is 3. The quantitative estimate of drug-likeness (QED) is 0.137. The number of aliphatic carboxylic acids is 2. The first kappa shape index (κ1) is 30.8. The number of carbonyl (C=O) groups excluding carboxylic acids is 4. The van der Waals surface area contributed by atoms with Crippen LogP contribution in [0.25, 0.3) is 0 Å². The number of primary amides is 1. The predicted octanol–water partition coefficient (Wildman–Crippen LogP) is -1.31. The fourth-order valence-corrected chi connectivity index (χ4v) is 2.94. The van der Waals surface area contributed by atoms with Crippen LogP contribution in [-0.2, 0) is 28.8 Å². The van der Waals surface area contributed by atoms with E-state index in [9.17, 15) is 33.9 Å². The van der Waals surface area contributed by atoms with Crippen LogP contribution in [0, 0.1) is 11.8 Å². The molecule has 6 unspecified atom stereocenters. The molecule has 0 heterocycles. The summed E-state index contributed by atoms with van der Waals surface area (Å²) in [5.74, 6) is -6.57. The van der Waals surface area contributed by atoms with Gasteiger partial charge < -0.3 is 37.6 Å². The number of carbonyl (C=O) groups is 6. The Morgan fingerprint density at radius 3 is 1.76 bits per heavy atom. The van der Waals surface area contributed by atoms with Crippen molar-refractivity contribution in [3.8, 4) is 0 Å². The number of hydrogen-bond acceptors (Lipinski definition) is 7. The summed E-state index contributed by atoms with van der Waals surface area (Å²) in [7, 11) is 0. The molecule has 0 aromatic carbocycles. The maximum absolute atomic E-state index is 13.0. The highest BCUT2D eigenvalue weighted by atomic mass is 16.4. The molecule has 0 fully saturated rings. The molecule has 34 heavy (non-hydrogen) atoms. The van der Waals surface area contributed by atoms with Crippen LogP contribution in [0.5, 0.6) is 0 Å². The van der Waals surface area contributed by atoms with Crippen LogP contribution in [0.15, 0.2) is 0 Å². The largest absolute Gasteiger partial charge is 0.481 e. The van der Waals surface area contributed by atoms with E-state index in [1.54, 1.807) is 20.8 Å². The molecular formula is C21H37N5O8. The molecule has 0 saturated carbocycles. The monoisotopic (exact) mass is 487 g/mol. The van der Waals surface area contributed by atoms with Gasteiger partial charge in [-0.15, -0.1) is 0 Å². The molecule has 4 amide bonds. The van der Waals surface area contributed by atoms with Gasteiger partial charge in [-0.1, -0.05) is 40.5 Å². The van der Waals surface area contributed by atoms with Gasteiger partial charge in [-0.3, -0.25) is 24.0 Å². The van der Waals surface area contributed by atoms with Crippen molar-refractivity contribution in [2.45, 2.75) is 84.0 Å². The van der Waals surface area contributed by atoms with E-state index >= 15 is 0 Å². The number of carboxylic acid groups (broad SMARTS) is 2. The van der Waals surface area contributed by atoms with Gasteiger partial charge in [-0.25, -0.2) is 4.79 Å². The second-order valence-corrected chi connectivity index (χ2v) is 8.35. The van der Waals surface area contributed by atoms with Crippen molar-refractivity contribution < 1.29 is 39.0 Å². The van der Waals surface area contributed by atoms with Gasteiger partial charge in [0.1, 0.15) is 18.1 Å². The molecular weight excluding hydrogens is 450 g/mol. The Morgan fingerprint density at radius 1 is 0.794 bits per heavy atom. The van der Waals surface area contributed by atoms with Gasteiger partial charge in [0.15, 0.2) is 0 Å². The molecule has 0 spiro atoms. The fraction of sp³-hybridized carbons (Fsp3) is 0.714. The van der Waals surface area contributed by atoms with E-state index in [2.05, 4.69) is 16.0 Å². The zero-order valence-corrected chi connectivity index (χ0v) is 20.0. The number of carboxylic acids is 2. The Hall–Kier alpha value is -3.22. The van der Waals surface area contributed by atoms with Crippen LogP contribution in [0.2, 0.25) is 0 Å². The Labute approximate surface area is 198 Å². The summed E-state index contributed by atoms with van der Waals surface area (Å²) in [6, 6.07) is -5.04. The Morgan fingerprint density at radius 2 is 1.32 bits per heavy atom. The second-order valence-electron chi connectivity index (χ2n) is 8.35. The Bertz CT molecular complexity index is 759. The van der Waals surface area contributed by atoms with Gasteiger partial charge in [0.2, 0.25) is 23.6 Å². The average Bonchev–Trinajstić information content (AvgIpc) is 2.76. The normalized spacial score (nSPS) is 16.1. The van der Waals surface area contributed by atoms with Gasteiger partial charge in [0.25, 0.3) is 0 Å². The molecule has 13 nitrogen and oxygen atoms in total. The first-order chi connectivity index (χ1) is 15.7. The molecule has 6 atom stereocenters. The molecule has 13 heteroatoms. The van der Waals surface area contributed by atoms with E-state index in [4.69, 9.17) is 16.6 Å². The molecule has 0 aromatic heterocycles. The first-order valence-corrected chi connectivity index (χ1v) is 11.1. The molecule has 0 rings (SSSR count). The molecule has 0 aliphatic carbocycles. The first-order valence-electron chi connectivity index (χ1n) is 11.1. The van der Waals surface area contributed by atoms with Gasteiger partial charge in [0.05, 0.1) is 12.5 Å². The van der Waals surface area contributed by atoms with E-state index in [1.807, 2.05) is 6.92 Å². The van der Waals surface area contributed by atoms with Gasteiger partial charge in [-0.05, 0) is 18.3 Å². The highest BCUT2D eigenvalue weighted by Gasteiger charge is 2.33. The zero-order chi connectivity index (χ0) is 26.6. The zero-order valence-electron chi connectivity index (χ0n) is 20.0. The van der Waals surface area contributed by atoms with E-state index < -0.39 is 72.6 Å². The molecule has 0 radical (unpaired) electrons. The summed E-state index contributed by atoms with van der Waals surface area (Å²) in [4.78, 5) is 71.7. The Kier molecular flexibility index (Phi) is 13.4. The summed E-state index contributed by atoms with van der Waals surface area (Å²) in [5, 5.41) is 25.3. The SMILES string of the molecule is CCC(C)C(N)C(=O)NC(C(=O)NC(CCC(=O)O)C(=O)NC(CC(N)=O)C(=O)O)C(C)CC. The lowest BCUT2D eigenvalue weighted by atomic mass is 9.95. The van der Waals surface area contributed by atoms with E-state index in [1.165, 1.54) is 0 Å². The molecule has 0 bridgehead atoms. The number of hydrogen-bond donors (Lipinski definition) is 7. The standard InChI is InChI=1S/C21H37N5O8/c1-5-10(3)16(23)19(31)26-17(11(4)6-2)20(32)24-12(7-8-15(28)29)18(30)25-13(21(33)34)9-14(22)27/h10-13,16-17H,5-9,23H2,1-4H3,(H2,22,27)(H,24,32)(H,25,30)(H,26,31)(H,28,29)(H,33,34). The number of amides is 4. The third-order valence-electron chi connectivity index (χ3n) is 5.65. The maximum atomic E-state index is 13.0. The minimum atomic E-state index is -1.66. The summed E-state index contributed by atoms with van der Waals surface area (Å²) < 4.78 is 0. The third kappa shape index (κ3) is 10.6. The molecule has 0 aliphatic rings. The van der Waals surface area contributed by atoms with Crippen LogP contribution < -0.4 is 27.4 Å². The van der Waals surface area contributed by atoms with Crippen molar-refractivity contribution in [1.29, 1.82) is 0 Å². The van der Waals surface area contributed by atoms with Crippen LogP contribution in [0.1, 0.15) is 59.8 Å². The van der Waals surface area contributed by atoms with Crippen LogP contribution in [-0.4, -0.2) is 69.9 Å². The molecule has 194 valence electrons. The van der Waals surface area contributed by atoms with Crippen molar-refractivity contribution in [3.05, 3.63) is 0 Å². The van der Waals surface area contributed by atoms with Crippen molar-refractivity contribution in [3.63, 3.8) is 0 Å². The van der Waals surface area contributed by atoms with Crippen LogP contribution in [0.3, 0.4) is 0 Å².